The van der Waals surface area contributed by atoms with Gasteiger partial charge in [-0.1, -0.05) is 38.3 Å². The van der Waals surface area contributed by atoms with Gasteiger partial charge in [0.2, 0.25) is 0 Å². The van der Waals surface area contributed by atoms with E-state index in [1.54, 1.807) is 0 Å². The molecule has 0 radical (unpaired) electrons. The Morgan fingerprint density at radius 2 is 1.60 bits per heavy atom. The molecule has 166 valence electrons. The quantitative estimate of drug-likeness (QED) is 0.376. The molecule has 0 aliphatic carbocycles. The summed E-state index contributed by atoms with van der Waals surface area (Å²) in [6, 6.07) is 5.72. The van der Waals surface area contributed by atoms with Gasteiger partial charge >= 0.3 is 12.4 Å². The molecule has 1 atom stereocenters. The predicted molar refractivity (Wildman–Crippen MR) is 102 cm³/mol. The normalized spacial score (nSPS) is 13.5. The van der Waals surface area contributed by atoms with Crippen LogP contribution in [-0.4, -0.2) is 23.2 Å². The van der Waals surface area contributed by atoms with Crippen LogP contribution >= 0.6 is 0 Å². The maximum absolute atomic E-state index is 13.3. The fourth-order valence-electron chi connectivity index (χ4n) is 2.90. The molecule has 0 bridgehead atoms. The first-order valence-corrected chi connectivity index (χ1v) is 9.68. The zero-order chi connectivity index (χ0) is 22.4. The summed E-state index contributed by atoms with van der Waals surface area (Å²) in [5.41, 5.74) is -2.19. The van der Waals surface area contributed by atoms with E-state index in [-0.39, 0.29) is 23.4 Å². The van der Waals surface area contributed by atoms with E-state index >= 15 is 0 Å². The summed E-state index contributed by atoms with van der Waals surface area (Å²) in [5.74, 6) is 0. The lowest BCUT2D eigenvalue weighted by atomic mass is 10.0. The van der Waals surface area contributed by atoms with Gasteiger partial charge in [-0.25, -0.2) is 4.98 Å². The van der Waals surface area contributed by atoms with Crippen LogP contribution < -0.4 is 5.32 Å². The minimum Gasteiger partial charge on any atom is -0.387 e. The lowest BCUT2D eigenvalue weighted by molar-refractivity contribution is -0.141. The average molecular weight is 434 g/mol. The zero-order valence-corrected chi connectivity index (χ0v) is 16.4. The highest BCUT2D eigenvalue weighted by atomic mass is 19.4. The third-order valence-electron chi connectivity index (χ3n) is 4.58. The lowest BCUT2D eigenvalue weighted by Crippen LogP contribution is -2.23. The number of aliphatic hydroxyl groups excluding tert-OH is 1. The fraction of sp³-hybridized carbons (Fsp3) is 0.476. The van der Waals surface area contributed by atoms with Crippen LogP contribution in [0, 0.1) is 0 Å². The van der Waals surface area contributed by atoms with E-state index in [0.29, 0.717) is 6.54 Å². The summed E-state index contributed by atoms with van der Waals surface area (Å²) in [6.07, 6.45) is -6.46. The average Bonchev–Trinajstić information content (AvgIpc) is 2.69. The highest BCUT2D eigenvalue weighted by Gasteiger charge is 2.34. The van der Waals surface area contributed by atoms with Gasteiger partial charge in [-0.05, 0) is 42.8 Å². The van der Waals surface area contributed by atoms with Crippen molar-refractivity contribution in [2.24, 2.45) is 0 Å². The van der Waals surface area contributed by atoms with Crippen LogP contribution in [-0.2, 0) is 12.4 Å². The number of benzene rings is 1. The number of alkyl halides is 6. The number of pyridine rings is 1. The molecule has 9 heteroatoms. The maximum Gasteiger partial charge on any atom is 0.433 e. The van der Waals surface area contributed by atoms with Crippen LogP contribution in [0.3, 0.4) is 0 Å². The summed E-state index contributed by atoms with van der Waals surface area (Å²) in [7, 11) is 0. The van der Waals surface area contributed by atoms with E-state index in [1.807, 2.05) is 0 Å². The number of nitrogens with one attached hydrogen (secondary N) is 1. The van der Waals surface area contributed by atoms with E-state index in [4.69, 9.17) is 0 Å². The number of unbranched alkanes of at least 4 members (excludes halogenated alkanes) is 3. The molecule has 2 rings (SSSR count). The molecule has 30 heavy (non-hydrogen) atoms. The molecule has 2 N–H and O–H groups in total. The van der Waals surface area contributed by atoms with Crippen molar-refractivity contribution < 1.29 is 31.4 Å². The van der Waals surface area contributed by atoms with Gasteiger partial charge in [-0.3, -0.25) is 0 Å². The van der Waals surface area contributed by atoms with Gasteiger partial charge in [0.05, 0.1) is 17.4 Å². The monoisotopic (exact) mass is 434 g/mol. The third-order valence-corrected chi connectivity index (χ3v) is 4.58. The number of hydrogen-bond acceptors (Lipinski definition) is 3. The minimum atomic E-state index is -4.76. The Morgan fingerprint density at radius 3 is 2.17 bits per heavy atom. The van der Waals surface area contributed by atoms with E-state index in [2.05, 4.69) is 17.2 Å². The molecular weight excluding hydrogens is 410 g/mol. The Labute approximate surface area is 171 Å². The van der Waals surface area contributed by atoms with E-state index in [0.717, 1.165) is 56.0 Å². The lowest BCUT2D eigenvalue weighted by Gasteiger charge is -2.16. The van der Waals surface area contributed by atoms with Crippen molar-refractivity contribution in [2.45, 2.75) is 51.1 Å². The zero-order valence-electron chi connectivity index (χ0n) is 16.4. The van der Waals surface area contributed by atoms with Crippen molar-refractivity contribution in [3.05, 3.63) is 53.2 Å². The SMILES string of the molecule is CCCCCCNC[C@H](O)c1cc(-c2ccc(C(F)(F)F)cc2)nc(C(F)(F)F)c1. The molecular formula is C21H24F6N2O. The molecule has 0 fully saturated rings. The van der Waals surface area contributed by atoms with Gasteiger partial charge in [0, 0.05) is 12.1 Å². The van der Waals surface area contributed by atoms with Crippen molar-refractivity contribution in [2.75, 3.05) is 13.1 Å². The number of hydrogen-bond donors (Lipinski definition) is 2. The van der Waals surface area contributed by atoms with Crippen LogP contribution in [0.1, 0.15) is 55.5 Å². The van der Waals surface area contributed by atoms with Gasteiger partial charge in [0.25, 0.3) is 0 Å². The molecule has 3 nitrogen and oxygen atoms in total. The van der Waals surface area contributed by atoms with Crippen molar-refractivity contribution in [3.8, 4) is 11.3 Å². The second kappa shape index (κ2) is 10.3. The van der Waals surface area contributed by atoms with Crippen molar-refractivity contribution in [3.63, 3.8) is 0 Å². The molecule has 0 saturated carbocycles. The largest absolute Gasteiger partial charge is 0.433 e. The highest BCUT2D eigenvalue weighted by Crippen LogP contribution is 2.34. The Bertz CT molecular complexity index is 803. The summed E-state index contributed by atoms with van der Waals surface area (Å²) in [4.78, 5) is 3.54. The molecule has 0 amide bonds. The second-order valence-electron chi connectivity index (χ2n) is 7.02. The standard InChI is InChI=1S/C21H24F6N2O/c1-2-3-4-5-10-28-13-18(30)15-11-17(29-19(12-15)21(25,26)27)14-6-8-16(9-7-14)20(22,23)24/h6-9,11-12,18,28,30H,2-5,10,13H2,1H3/t18-/m0/s1. The van der Waals surface area contributed by atoms with E-state index in [1.165, 1.54) is 6.07 Å². The molecule has 0 spiro atoms. The topological polar surface area (TPSA) is 45.1 Å². The van der Waals surface area contributed by atoms with E-state index < -0.39 is 29.7 Å². The molecule has 0 saturated heterocycles. The third kappa shape index (κ3) is 6.98. The Kier molecular flexibility index (Phi) is 8.25. The second-order valence-corrected chi connectivity index (χ2v) is 7.02. The summed E-state index contributed by atoms with van der Waals surface area (Å²) >= 11 is 0. The minimum absolute atomic E-state index is 0.00622. The van der Waals surface area contributed by atoms with Crippen molar-refractivity contribution in [1.29, 1.82) is 0 Å². The first-order chi connectivity index (χ1) is 14.0. The van der Waals surface area contributed by atoms with Crippen LogP contribution in [0.15, 0.2) is 36.4 Å². The van der Waals surface area contributed by atoms with Crippen LogP contribution in [0.5, 0.6) is 0 Å². The summed E-state index contributed by atoms with van der Waals surface area (Å²) in [6.45, 7) is 2.76. The summed E-state index contributed by atoms with van der Waals surface area (Å²) in [5, 5.41) is 13.3. The maximum atomic E-state index is 13.3. The molecule has 0 aliphatic rings. The first kappa shape index (κ1) is 24.1. The Morgan fingerprint density at radius 1 is 0.933 bits per heavy atom. The smallest absolute Gasteiger partial charge is 0.387 e. The van der Waals surface area contributed by atoms with Gasteiger partial charge in [0.1, 0.15) is 5.69 Å². The molecule has 0 aliphatic heterocycles. The molecule has 1 aromatic heterocycles. The van der Waals surface area contributed by atoms with Gasteiger partial charge in [0.15, 0.2) is 0 Å². The molecule has 1 aromatic carbocycles. The van der Waals surface area contributed by atoms with Gasteiger partial charge in [-0.2, -0.15) is 26.3 Å². The molecule has 0 unspecified atom stereocenters. The highest BCUT2D eigenvalue weighted by molar-refractivity contribution is 5.61. The number of aromatic nitrogens is 1. The van der Waals surface area contributed by atoms with Gasteiger partial charge in [-0.15, -0.1) is 0 Å². The van der Waals surface area contributed by atoms with E-state index in [9.17, 15) is 31.4 Å². The van der Waals surface area contributed by atoms with Crippen molar-refractivity contribution in [1.82, 2.24) is 10.3 Å². The first-order valence-electron chi connectivity index (χ1n) is 9.68. The predicted octanol–water partition coefficient (Wildman–Crippen LogP) is 5.99. The Hall–Kier alpha value is -2.13. The van der Waals surface area contributed by atoms with Crippen LogP contribution in [0.25, 0.3) is 11.3 Å². The number of rotatable bonds is 9. The number of halogens is 6. The number of aliphatic hydroxyl groups is 1. The van der Waals surface area contributed by atoms with Crippen LogP contribution in [0.4, 0.5) is 26.3 Å². The summed E-state index contributed by atoms with van der Waals surface area (Å²) < 4.78 is 78.0. The number of nitrogens with zero attached hydrogens (tertiary/aromatic N) is 1. The van der Waals surface area contributed by atoms with Gasteiger partial charge < -0.3 is 10.4 Å². The van der Waals surface area contributed by atoms with Crippen molar-refractivity contribution >= 4 is 0 Å². The Balaban J connectivity index is 2.23. The molecule has 1 heterocycles. The van der Waals surface area contributed by atoms with Crippen LogP contribution in [0.2, 0.25) is 0 Å². The fourth-order valence-corrected chi connectivity index (χ4v) is 2.90. The molecule has 2 aromatic rings.